The van der Waals surface area contributed by atoms with Gasteiger partial charge < -0.3 is 10.2 Å². The second-order valence-electron chi connectivity index (χ2n) is 5.39. The van der Waals surface area contributed by atoms with E-state index >= 15 is 0 Å². The summed E-state index contributed by atoms with van der Waals surface area (Å²) in [6.45, 7) is 1.78. The van der Waals surface area contributed by atoms with Crippen molar-refractivity contribution in [3.63, 3.8) is 0 Å². The van der Waals surface area contributed by atoms with E-state index < -0.39 is 11.9 Å². The zero-order chi connectivity index (χ0) is 18.0. The van der Waals surface area contributed by atoms with Crippen LogP contribution in [-0.2, 0) is 11.2 Å². The van der Waals surface area contributed by atoms with Crippen LogP contribution in [0.1, 0.15) is 21.6 Å². The van der Waals surface area contributed by atoms with Gasteiger partial charge in [0.1, 0.15) is 5.65 Å². The molecule has 0 saturated heterocycles. The molecule has 0 aliphatic rings. The molecule has 0 radical (unpaired) electrons. The van der Waals surface area contributed by atoms with Crippen molar-refractivity contribution >= 4 is 29.1 Å². The fourth-order valence-corrected chi connectivity index (χ4v) is 2.35. The SMILES string of the molecule is Cc1ccc(C(=O)O)cc1N=Nc1c(CC(=O)O)nc2ccccn12. The fraction of sp³-hybridized carbons (Fsp3) is 0.118. The minimum absolute atomic E-state index is 0.100. The first-order valence-corrected chi connectivity index (χ1v) is 7.39. The molecular weight excluding hydrogens is 324 g/mol. The second kappa shape index (κ2) is 6.52. The first kappa shape index (κ1) is 16.3. The number of hydrogen-bond acceptors (Lipinski definition) is 5. The highest BCUT2D eigenvalue weighted by atomic mass is 16.4. The van der Waals surface area contributed by atoms with E-state index in [0.717, 1.165) is 5.56 Å². The number of carboxylic acid groups (broad SMARTS) is 2. The lowest BCUT2D eigenvalue weighted by molar-refractivity contribution is -0.136. The lowest BCUT2D eigenvalue weighted by Crippen LogP contribution is -2.00. The van der Waals surface area contributed by atoms with Crippen molar-refractivity contribution in [3.8, 4) is 0 Å². The number of fused-ring (bicyclic) bond motifs is 1. The summed E-state index contributed by atoms with van der Waals surface area (Å²) >= 11 is 0. The summed E-state index contributed by atoms with van der Waals surface area (Å²) in [5, 5.41) is 26.4. The largest absolute Gasteiger partial charge is 0.481 e. The summed E-state index contributed by atoms with van der Waals surface area (Å²) in [6, 6.07) is 9.84. The zero-order valence-corrected chi connectivity index (χ0v) is 13.2. The third kappa shape index (κ3) is 3.37. The number of carbonyl (C=O) groups is 2. The average Bonchev–Trinajstić information content (AvgIpc) is 2.90. The van der Waals surface area contributed by atoms with Crippen molar-refractivity contribution in [2.75, 3.05) is 0 Å². The Kier molecular flexibility index (Phi) is 4.25. The molecule has 2 heterocycles. The van der Waals surface area contributed by atoms with Crippen LogP contribution in [0.15, 0.2) is 52.8 Å². The van der Waals surface area contributed by atoms with Crippen LogP contribution in [0.5, 0.6) is 0 Å². The highest BCUT2D eigenvalue weighted by Gasteiger charge is 2.15. The molecule has 126 valence electrons. The van der Waals surface area contributed by atoms with Gasteiger partial charge in [0.05, 0.1) is 23.4 Å². The van der Waals surface area contributed by atoms with E-state index in [1.165, 1.54) is 12.1 Å². The van der Waals surface area contributed by atoms with Crippen molar-refractivity contribution in [1.29, 1.82) is 0 Å². The van der Waals surface area contributed by atoms with Gasteiger partial charge in [0.25, 0.3) is 0 Å². The van der Waals surface area contributed by atoms with E-state index in [1.54, 1.807) is 41.8 Å². The molecule has 25 heavy (non-hydrogen) atoms. The number of aromatic carboxylic acids is 1. The van der Waals surface area contributed by atoms with Gasteiger partial charge in [-0.05, 0) is 36.8 Å². The van der Waals surface area contributed by atoms with Gasteiger partial charge in [0, 0.05) is 6.20 Å². The zero-order valence-electron chi connectivity index (χ0n) is 13.2. The number of carboxylic acids is 2. The molecular formula is C17H14N4O4. The first-order chi connectivity index (χ1) is 12.0. The quantitative estimate of drug-likeness (QED) is 0.692. The number of aryl methyl sites for hydroxylation is 1. The summed E-state index contributed by atoms with van der Waals surface area (Å²) in [5.74, 6) is -1.78. The molecule has 2 aromatic heterocycles. The van der Waals surface area contributed by atoms with E-state index in [0.29, 0.717) is 17.2 Å². The number of pyridine rings is 1. The third-order valence-corrected chi connectivity index (χ3v) is 3.60. The molecule has 8 heteroatoms. The molecule has 0 saturated carbocycles. The third-order valence-electron chi connectivity index (χ3n) is 3.60. The maximum Gasteiger partial charge on any atom is 0.335 e. The minimum atomic E-state index is -1.06. The lowest BCUT2D eigenvalue weighted by atomic mass is 10.1. The normalized spacial score (nSPS) is 11.2. The number of nitrogens with zero attached hydrogens (tertiary/aromatic N) is 4. The van der Waals surface area contributed by atoms with Crippen LogP contribution < -0.4 is 0 Å². The second-order valence-corrected chi connectivity index (χ2v) is 5.39. The Labute approximate surface area is 142 Å². The molecule has 0 spiro atoms. The van der Waals surface area contributed by atoms with Crippen molar-refractivity contribution < 1.29 is 19.8 Å². The van der Waals surface area contributed by atoms with E-state index in [4.69, 9.17) is 10.2 Å². The first-order valence-electron chi connectivity index (χ1n) is 7.39. The maximum absolute atomic E-state index is 11.1. The molecule has 0 aliphatic carbocycles. The fourth-order valence-electron chi connectivity index (χ4n) is 2.35. The highest BCUT2D eigenvalue weighted by Crippen LogP contribution is 2.27. The van der Waals surface area contributed by atoms with E-state index in [2.05, 4.69) is 15.2 Å². The Hall–Kier alpha value is -3.55. The van der Waals surface area contributed by atoms with E-state index in [1.807, 2.05) is 0 Å². The van der Waals surface area contributed by atoms with Crippen LogP contribution in [0, 0.1) is 6.92 Å². The van der Waals surface area contributed by atoms with Gasteiger partial charge >= 0.3 is 11.9 Å². The molecule has 0 aliphatic heterocycles. The summed E-state index contributed by atoms with van der Waals surface area (Å²) in [5.41, 5.74) is 2.09. The number of benzene rings is 1. The molecule has 0 amide bonds. The molecule has 2 N–H and O–H groups in total. The van der Waals surface area contributed by atoms with Crippen LogP contribution in [-0.4, -0.2) is 31.5 Å². The Morgan fingerprint density at radius 3 is 2.68 bits per heavy atom. The molecule has 0 bridgehead atoms. The average molecular weight is 338 g/mol. The Bertz CT molecular complexity index is 1010. The maximum atomic E-state index is 11.1. The monoisotopic (exact) mass is 338 g/mol. The number of azo groups is 1. The number of hydrogen-bond donors (Lipinski definition) is 2. The van der Waals surface area contributed by atoms with E-state index in [9.17, 15) is 9.59 Å². The topological polar surface area (TPSA) is 117 Å². The predicted molar refractivity (Wildman–Crippen MR) is 88.8 cm³/mol. The smallest absolute Gasteiger partial charge is 0.335 e. The van der Waals surface area contributed by atoms with Gasteiger partial charge in [-0.15, -0.1) is 10.2 Å². The molecule has 1 aromatic carbocycles. The Morgan fingerprint density at radius 1 is 1.16 bits per heavy atom. The molecule has 3 aromatic rings. The van der Waals surface area contributed by atoms with Crippen LogP contribution in [0.3, 0.4) is 0 Å². The van der Waals surface area contributed by atoms with Gasteiger partial charge in [-0.25, -0.2) is 9.78 Å². The van der Waals surface area contributed by atoms with Gasteiger partial charge in [0.2, 0.25) is 0 Å². The van der Waals surface area contributed by atoms with Crippen LogP contribution in [0.2, 0.25) is 0 Å². The van der Waals surface area contributed by atoms with Crippen molar-refractivity contribution in [2.24, 2.45) is 10.2 Å². The van der Waals surface area contributed by atoms with Crippen molar-refractivity contribution in [3.05, 3.63) is 59.4 Å². The molecule has 0 unspecified atom stereocenters. The standard InChI is InChI=1S/C17H14N4O4/c1-10-5-6-11(17(24)25)8-12(10)19-20-16-13(9-15(22)23)18-14-4-2-3-7-21(14)16/h2-8H,9H2,1H3,(H,22,23)(H,24,25). The number of aliphatic carboxylic acids is 1. The van der Waals surface area contributed by atoms with Gasteiger partial charge in [-0.3, -0.25) is 9.20 Å². The lowest BCUT2D eigenvalue weighted by Gasteiger charge is -2.01. The summed E-state index contributed by atoms with van der Waals surface area (Å²) < 4.78 is 1.64. The summed E-state index contributed by atoms with van der Waals surface area (Å²) in [4.78, 5) is 26.4. The number of imidazole rings is 1. The van der Waals surface area contributed by atoms with Crippen LogP contribution >= 0.6 is 0 Å². The van der Waals surface area contributed by atoms with Crippen LogP contribution in [0.25, 0.3) is 5.65 Å². The Morgan fingerprint density at radius 2 is 1.96 bits per heavy atom. The minimum Gasteiger partial charge on any atom is -0.481 e. The molecule has 8 nitrogen and oxygen atoms in total. The van der Waals surface area contributed by atoms with E-state index in [-0.39, 0.29) is 17.7 Å². The Balaban J connectivity index is 2.08. The summed E-state index contributed by atoms with van der Waals surface area (Å²) in [7, 11) is 0. The molecule has 0 fully saturated rings. The van der Waals surface area contributed by atoms with Gasteiger partial charge in [-0.2, -0.15) is 0 Å². The number of rotatable bonds is 5. The van der Waals surface area contributed by atoms with Gasteiger partial charge in [0.15, 0.2) is 5.82 Å². The van der Waals surface area contributed by atoms with Crippen molar-refractivity contribution in [1.82, 2.24) is 9.38 Å². The molecule has 3 rings (SSSR count). The molecule has 0 atom stereocenters. The van der Waals surface area contributed by atoms with Gasteiger partial charge in [-0.1, -0.05) is 12.1 Å². The highest BCUT2D eigenvalue weighted by molar-refractivity contribution is 5.88. The summed E-state index contributed by atoms with van der Waals surface area (Å²) in [6.07, 6.45) is 1.42. The van der Waals surface area contributed by atoms with Crippen molar-refractivity contribution in [2.45, 2.75) is 13.3 Å². The predicted octanol–water partition coefficient (Wildman–Crippen LogP) is 3.38. The number of aromatic nitrogens is 2. The van der Waals surface area contributed by atoms with Crippen LogP contribution in [0.4, 0.5) is 11.5 Å².